The normalized spacial score (nSPS) is 21.3. The number of aromatic amines is 1. The Labute approximate surface area is 246 Å². The summed E-state index contributed by atoms with van der Waals surface area (Å²) in [4.78, 5) is 22.1. The Bertz CT molecular complexity index is 1910. The van der Waals surface area contributed by atoms with Crippen LogP contribution in [0.5, 0.6) is 28.7 Å². The zero-order valence-electron chi connectivity index (χ0n) is 23.6. The first-order valence-electron chi connectivity index (χ1n) is 13.7. The van der Waals surface area contributed by atoms with Crippen LogP contribution < -0.4 is 24.5 Å². The van der Waals surface area contributed by atoms with E-state index in [1.165, 1.54) is 26.4 Å². The molecule has 0 saturated carbocycles. The quantitative estimate of drug-likeness (QED) is 0.263. The molecule has 1 aliphatic heterocycles. The molecule has 0 amide bonds. The van der Waals surface area contributed by atoms with Crippen molar-refractivity contribution < 1.29 is 29.2 Å². The van der Waals surface area contributed by atoms with Crippen LogP contribution in [0, 0.1) is 0 Å². The average molecular weight is 577 g/mol. The highest BCUT2D eigenvalue weighted by Crippen LogP contribution is 2.69. The summed E-state index contributed by atoms with van der Waals surface area (Å²) in [6.45, 7) is 0. The molecule has 9 heteroatoms. The smallest absolute Gasteiger partial charge is 0.255 e. The fraction of sp³-hybridized carbons (Fsp3) is 0.176. The van der Waals surface area contributed by atoms with Crippen molar-refractivity contribution in [2.45, 2.75) is 17.1 Å². The maximum atomic E-state index is 14.2. The molecule has 0 radical (unpaired) electrons. The SMILES string of the molecule is COc1ccc([C@@]23Oc4cc(OC)cc(OC)c4[C@]2(O)c2nc(-c4ccc(O)cc4)[nH]c(=O)c2[C@H]3c2ccccc2)cc1. The van der Waals surface area contributed by atoms with E-state index in [-0.39, 0.29) is 22.8 Å². The fourth-order valence-corrected chi connectivity index (χ4v) is 6.58. The van der Waals surface area contributed by atoms with Gasteiger partial charge >= 0.3 is 0 Å². The van der Waals surface area contributed by atoms with E-state index in [4.69, 9.17) is 23.9 Å². The summed E-state index contributed by atoms with van der Waals surface area (Å²) in [5, 5.41) is 23.2. The van der Waals surface area contributed by atoms with E-state index in [2.05, 4.69) is 4.98 Å². The molecule has 9 nitrogen and oxygen atoms in total. The lowest BCUT2D eigenvalue weighted by Crippen LogP contribution is -2.49. The third-order valence-electron chi connectivity index (χ3n) is 8.45. The van der Waals surface area contributed by atoms with E-state index < -0.39 is 22.7 Å². The van der Waals surface area contributed by atoms with Crippen molar-refractivity contribution in [3.8, 4) is 40.1 Å². The summed E-state index contributed by atoms with van der Waals surface area (Å²) in [7, 11) is 4.62. The number of phenolic OH excluding ortho intramolecular Hbond substituents is 1. The molecule has 0 fully saturated rings. The van der Waals surface area contributed by atoms with Gasteiger partial charge in [0.25, 0.3) is 5.56 Å². The fourth-order valence-electron chi connectivity index (χ4n) is 6.58. The van der Waals surface area contributed by atoms with E-state index in [0.717, 1.165) is 5.56 Å². The van der Waals surface area contributed by atoms with Gasteiger partial charge in [-0.1, -0.05) is 42.5 Å². The zero-order valence-corrected chi connectivity index (χ0v) is 23.6. The summed E-state index contributed by atoms with van der Waals surface area (Å²) >= 11 is 0. The molecular weight excluding hydrogens is 548 g/mol. The second-order valence-electron chi connectivity index (χ2n) is 10.5. The molecule has 1 aromatic heterocycles. The van der Waals surface area contributed by atoms with E-state index in [9.17, 15) is 15.0 Å². The minimum atomic E-state index is -2.00. The number of methoxy groups -OCH3 is 3. The van der Waals surface area contributed by atoms with Crippen molar-refractivity contribution in [1.29, 1.82) is 0 Å². The van der Waals surface area contributed by atoms with Gasteiger partial charge in [-0.05, 0) is 42.0 Å². The lowest BCUT2D eigenvalue weighted by molar-refractivity contribution is -0.0909. The van der Waals surface area contributed by atoms with Crippen LogP contribution in [0.4, 0.5) is 0 Å². The third-order valence-corrected chi connectivity index (χ3v) is 8.45. The number of fused-ring (bicyclic) bond motifs is 5. The minimum Gasteiger partial charge on any atom is -0.508 e. The second-order valence-corrected chi connectivity index (χ2v) is 10.5. The molecule has 43 heavy (non-hydrogen) atoms. The number of nitrogens with zero attached hydrogens (tertiary/aromatic N) is 1. The largest absolute Gasteiger partial charge is 0.508 e. The number of H-pyrrole nitrogens is 1. The second kappa shape index (κ2) is 9.64. The van der Waals surface area contributed by atoms with E-state index in [1.807, 2.05) is 42.5 Å². The van der Waals surface area contributed by atoms with Gasteiger partial charge in [-0.25, -0.2) is 4.98 Å². The van der Waals surface area contributed by atoms with Gasteiger partial charge in [-0.2, -0.15) is 0 Å². The summed E-state index contributed by atoms with van der Waals surface area (Å²) < 4.78 is 23.8. The average Bonchev–Trinajstić information content (AvgIpc) is 3.44. The van der Waals surface area contributed by atoms with Crippen LogP contribution in [0.15, 0.2) is 95.8 Å². The number of benzene rings is 4. The lowest BCUT2D eigenvalue weighted by Gasteiger charge is -2.40. The van der Waals surface area contributed by atoms with Gasteiger partial charge in [0.05, 0.1) is 44.1 Å². The summed E-state index contributed by atoms with van der Waals surface area (Å²) in [5.74, 6) is 1.27. The van der Waals surface area contributed by atoms with Crippen LogP contribution in [-0.2, 0) is 11.2 Å². The zero-order chi connectivity index (χ0) is 29.9. The summed E-state index contributed by atoms with van der Waals surface area (Å²) in [5.41, 5.74) is -1.34. The van der Waals surface area contributed by atoms with Crippen molar-refractivity contribution in [3.63, 3.8) is 0 Å². The molecule has 5 aromatic rings. The maximum absolute atomic E-state index is 14.2. The van der Waals surface area contributed by atoms with Crippen LogP contribution in [0.1, 0.15) is 33.9 Å². The van der Waals surface area contributed by atoms with Gasteiger partial charge in [-0.15, -0.1) is 0 Å². The number of nitrogens with one attached hydrogen (secondary N) is 1. The van der Waals surface area contributed by atoms with Crippen LogP contribution in [-0.4, -0.2) is 41.5 Å². The Hall–Kier alpha value is -5.28. The van der Waals surface area contributed by atoms with Gasteiger partial charge in [0, 0.05) is 23.3 Å². The van der Waals surface area contributed by atoms with Gasteiger partial charge in [-0.3, -0.25) is 4.79 Å². The first kappa shape index (κ1) is 26.6. The topological polar surface area (TPSA) is 123 Å². The molecule has 3 atom stereocenters. The van der Waals surface area contributed by atoms with Gasteiger partial charge in [0.1, 0.15) is 34.6 Å². The number of aliphatic hydroxyl groups is 1. The summed E-state index contributed by atoms with van der Waals surface area (Å²) in [6, 6.07) is 26.4. The molecule has 1 aliphatic carbocycles. The Morgan fingerprint density at radius 3 is 2.21 bits per heavy atom. The first-order valence-corrected chi connectivity index (χ1v) is 13.7. The van der Waals surface area contributed by atoms with Crippen molar-refractivity contribution in [1.82, 2.24) is 9.97 Å². The van der Waals surface area contributed by atoms with E-state index in [0.29, 0.717) is 39.7 Å². The number of hydrogen-bond donors (Lipinski definition) is 3. The highest BCUT2D eigenvalue weighted by atomic mass is 16.5. The molecule has 7 rings (SSSR count). The highest BCUT2D eigenvalue weighted by Gasteiger charge is 2.73. The number of aromatic nitrogens is 2. The van der Waals surface area contributed by atoms with Crippen LogP contribution in [0.2, 0.25) is 0 Å². The molecule has 2 heterocycles. The predicted molar refractivity (Wildman–Crippen MR) is 158 cm³/mol. The molecular formula is C34H28N2O7. The molecule has 0 bridgehead atoms. The first-order chi connectivity index (χ1) is 20.8. The number of hydrogen-bond acceptors (Lipinski definition) is 8. The Kier molecular flexibility index (Phi) is 5.96. The molecule has 216 valence electrons. The Balaban J connectivity index is 1.63. The van der Waals surface area contributed by atoms with Crippen molar-refractivity contribution >= 4 is 0 Å². The molecule has 2 aliphatic rings. The van der Waals surface area contributed by atoms with Crippen LogP contribution >= 0.6 is 0 Å². The Morgan fingerprint density at radius 2 is 1.56 bits per heavy atom. The van der Waals surface area contributed by atoms with Gasteiger partial charge in [0.2, 0.25) is 0 Å². The molecule has 3 N–H and O–H groups in total. The number of phenols is 1. The molecule has 0 spiro atoms. The number of rotatable bonds is 6. The van der Waals surface area contributed by atoms with Crippen molar-refractivity contribution in [2.75, 3.05) is 21.3 Å². The molecule has 4 aromatic carbocycles. The van der Waals surface area contributed by atoms with E-state index in [1.54, 1.807) is 43.5 Å². The third kappa shape index (κ3) is 3.61. The van der Waals surface area contributed by atoms with Crippen LogP contribution in [0.25, 0.3) is 11.4 Å². The highest BCUT2D eigenvalue weighted by molar-refractivity contribution is 5.70. The maximum Gasteiger partial charge on any atom is 0.255 e. The standard InChI is InChI=1S/C34H28N2O7/c1-40-23-15-11-21(12-16-23)34-28(19-7-5-4-6-8-19)27-30(35-31(36-32(27)38)20-9-13-22(37)14-10-20)33(34,39)29-25(42-3)17-24(41-2)18-26(29)43-34/h4-18,28,37,39H,1-3H3,(H,35,36,38)/t28-,33+,34+/m1/s1. The number of aromatic hydroxyl groups is 1. The van der Waals surface area contributed by atoms with Gasteiger partial charge < -0.3 is 34.1 Å². The van der Waals surface area contributed by atoms with Crippen molar-refractivity contribution in [3.05, 3.63) is 129 Å². The lowest BCUT2D eigenvalue weighted by atomic mass is 9.70. The monoisotopic (exact) mass is 576 g/mol. The molecule has 0 saturated heterocycles. The molecule has 0 unspecified atom stereocenters. The van der Waals surface area contributed by atoms with Gasteiger partial charge in [0.15, 0.2) is 11.2 Å². The predicted octanol–water partition coefficient (Wildman–Crippen LogP) is 4.84. The summed E-state index contributed by atoms with van der Waals surface area (Å²) in [6.07, 6.45) is 0. The van der Waals surface area contributed by atoms with Crippen LogP contribution in [0.3, 0.4) is 0 Å². The van der Waals surface area contributed by atoms with E-state index >= 15 is 0 Å². The number of ether oxygens (including phenoxy) is 4. The Morgan fingerprint density at radius 1 is 0.860 bits per heavy atom. The van der Waals surface area contributed by atoms with Crippen molar-refractivity contribution in [2.24, 2.45) is 0 Å². The minimum absolute atomic E-state index is 0.0744.